The van der Waals surface area contributed by atoms with Crippen LogP contribution in [0, 0.1) is 0 Å². The average Bonchev–Trinajstić information content (AvgIpc) is 2.45. The smallest absolute Gasteiger partial charge is 0.249 e. The molecule has 0 radical (unpaired) electrons. The number of aromatic nitrogens is 2. The summed E-state index contributed by atoms with van der Waals surface area (Å²) in [4.78, 5) is 18.7. The minimum Gasteiger partial charge on any atom is -0.307 e. The van der Waals surface area contributed by atoms with E-state index in [0.717, 1.165) is 10.9 Å². The SMILES string of the molecule is CS(=O)(=O)c1ccc(-c2ccc3ccc(=O)[nH]c3n2)cc1. The van der Waals surface area contributed by atoms with Gasteiger partial charge in [0, 0.05) is 23.3 Å². The van der Waals surface area contributed by atoms with Crippen molar-refractivity contribution in [2.45, 2.75) is 4.90 Å². The predicted molar refractivity (Wildman–Crippen MR) is 80.9 cm³/mol. The first-order valence-corrected chi connectivity index (χ1v) is 8.13. The zero-order chi connectivity index (χ0) is 15.0. The van der Waals surface area contributed by atoms with Crippen LogP contribution < -0.4 is 5.56 Å². The Kier molecular flexibility index (Phi) is 3.10. The topological polar surface area (TPSA) is 79.9 Å². The lowest BCUT2D eigenvalue weighted by atomic mass is 10.1. The molecule has 0 aliphatic carbocycles. The van der Waals surface area contributed by atoms with Gasteiger partial charge in [-0.1, -0.05) is 12.1 Å². The zero-order valence-corrected chi connectivity index (χ0v) is 12.0. The van der Waals surface area contributed by atoms with Gasteiger partial charge in [0.15, 0.2) is 9.84 Å². The molecule has 0 bridgehead atoms. The summed E-state index contributed by atoms with van der Waals surface area (Å²) in [5, 5.41) is 0.839. The van der Waals surface area contributed by atoms with Gasteiger partial charge in [0.25, 0.3) is 0 Å². The molecule has 2 aromatic heterocycles. The number of fused-ring (bicyclic) bond motifs is 1. The van der Waals surface area contributed by atoms with Gasteiger partial charge in [-0.05, 0) is 30.3 Å². The molecule has 0 fully saturated rings. The highest BCUT2D eigenvalue weighted by Crippen LogP contribution is 2.21. The maximum atomic E-state index is 11.4. The van der Waals surface area contributed by atoms with Crippen LogP contribution in [0.15, 0.2) is 58.2 Å². The number of rotatable bonds is 2. The predicted octanol–water partition coefficient (Wildman–Crippen LogP) is 1.99. The first-order valence-electron chi connectivity index (χ1n) is 6.24. The third kappa shape index (κ3) is 2.71. The van der Waals surface area contributed by atoms with Crippen molar-refractivity contribution in [3.8, 4) is 11.3 Å². The largest absolute Gasteiger partial charge is 0.307 e. The number of nitrogens with zero attached hydrogens (tertiary/aromatic N) is 1. The van der Waals surface area contributed by atoms with Gasteiger partial charge >= 0.3 is 0 Å². The summed E-state index contributed by atoms with van der Waals surface area (Å²) in [6.45, 7) is 0. The number of sulfone groups is 1. The van der Waals surface area contributed by atoms with Gasteiger partial charge in [0.1, 0.15) is 5.65 Å². The molecule has 0 saturated carbocycles. The second-order valence-electron chi connectivity index (χ2n) is 4.75. The Morgan fingerprint density at radius 3 is 2.29 bits per heavy atom. The van der Waals surface area contributed by atoms with E-state index in [-0.39, 0.29) is 10.5 Å². The number of pyridine rings is 2. The Labute approximate surface area is 121 Å². The summed E-state index contributed by atoms with van der Waals surface area (Å²) in [6.07, 6.45) is 1.17. The number of aromatic amines is 1. The van der Waals surface area contributed by atoms with Crippen molar-refractivity contribution in [2.75, 3.05) is 6.26 Å². The number of hydrogen-bond donors (Lipinski definition) is 1. The lowest BCUT2D eigenvalue weighted by Gasteiger charge is -2.04. The lowest BCUT2D eigenvalue weighted by molar-refractivity contribution is 0.602. The van der Waals surface area contributed by atoms with Crippen LogP contribution in [-0.2, 0) is 9.84 Å². The molecule has 3 aromatic rings. The minimum absolute atomic E-state index is 0.209. The van der Waals surface area contributed by atoms with Crippen molar-refractivity contribution in [1.29, 1.82) is 0 Å². The van der Waals surface area contributed by atoms with Crippen LogP contribution >= 0.6 is 0 Å². The zero-order valence-electron chi connectivity index (χ0n) is 11.2. The van der Waals surface area contributed by atoms with Crippen LogP contribution in [0.1, 0.15) is 0 Å². The van der Waals surface area contributed by atoms with Crippen molar-refractivity contribution in [3.63, 3.8) is 0 Å². The van der Waals surface area contributed by atoms with Gasteiger partial charge in [-0.3, -0.25) is 4.79 Å². The molecule has 1 aromatic carbocycles. The van der Waals surface area contributed by atoms with Crippen molar-refractivity contribution < 1.29 is 8.42 Å². The molecular weight excluding hydrogens is 288 g/mol. The third-order valence-electron chi connectivity index (χ3n) is 3.16. The molecule has 0 saturated heterocycles. The number of benzene rings is 1. The van der Waals surface area contributed by atoms with Crippen LogP contribution in [-0.4, -0.2) is 24.6 Å². The van der Waals surface area contributed by atoms with Gasteiger partial charge in [0.05, 0.1) is 10.6 Å². The maximum absolute atomic E-state index is 11.4. The van der Waals surface area contributed by atoms with Crippen molar-refractivity contribution >= 4 is 20.9 Å². The molecule has 1 N–H and O–H groups in total. The molecule has 0 aliphatic rings. The second kappa shape index (κ2) is 4.82. The fourth-order valence-corrected chi connectivity index (χ4v) is 2.69. The Morgan fingerprint density at radius 2 is 1.62 bits per heavy atom. The summed E-state index contributed by atoms with van der Waals surface area (Å²) in [5.74, 6) is 0. The first-order chi connectivity index (χ1) is 9.93. The van der Waals surface area contributed by atoms with Gasteiger partial charge in [-0.25, -0.2) is 13.4 Å². The molecule has 0 amide bonds. The second-order valence-corrected chi connectivity index (χ2v) is 6.77. The monoisotopic (exact) mass is 300 g/mol. The van der Waals surface area contributed by atoms with E-state index in [2.05, 4.69) is 9.97 Å². The lowest BCUT2D eigenvalue weighted by Crippen LogP contribution is -2.03. The summed E-state index contributed by atoms with van der Waals surface area (Å²) in [7, 11) is -3.21. The van der Waals surface area contributed by atoms with Crippen LogP contribution in [0.25, 0.3) is 22.3 Å². The molecule has 2 heterocycles. The van der Waals surface area contributed by atoms with Gasteiger partial charge in [-0.15, -0.1) is 0 Å². The summed E-state index contributed by atoms with van der Waals surface area (Å²) < 4.78 is 22.9. The van der Waals surface area contributed by atoms with E-state index in [1.807, 2.05) is 12.1 Å². The Bertz CT molecular complexity index is 974. The molecule has 0 aliphatic heterocycles. The molecular formula is C15H12N2O3S. The van der Waals surface area contributed by atoms with Crippen LogP contribution in [0.5, 0.6) is 0 Å². The number of hydrogen-bond acceptors (Lipinski definition) is 4. The quantitative estimate of drug-likeness (QED) is 0.785. The highest BCUT2D eigenvalue weighted by molar-refractivity contribution is 7.90. The fraction of sp³-hybridized carbons (Fsp3) is 0.0667. The summed E-state index contributed by atoms with van der Waals surface area (Å²) in [6, 6.07) is 13.3. The highest BCUT2D eigenvalue weighted by atomic mass is 32.2. The normalized spacial score (nSPS) is 11.7. The standard InChI is InChI=1S/C15H12N2O3S/c1-21(19,20)12-6-2-10(3-7-12)13-8-4-11-5-9-14(18)17-15(11)16-13/h2-9H,1H3,(H,16,17,18). The van der Waals surface area contributed by atoms with E-state index >= 15 is 0 Å². The summed E-state index contributed by atoms with van der Waals surface area (Å²) in [5.41, 5.74) is 1.75. The van der Waals surface area contributed by atoms with E-state index in [9.17, 15) is 13.2 Å². The van der Waals surface area contributed by atoms with Crippen LogP contribution in [0.4, 0.5) is 0 Å². The van der Waals surface area contributed by atoms with E-state index in [1.54, 1.807) is 30.3 Å². The van der Waals surface area contributed by atoms with Crippen molar-refractivity contribution in [2.24, 2.45) is 0 Å². The Hall–Kier alpha value is -2.47. The minimum atomic E-state index is -3.21. The van der Waals surface area contributed by atoms with Gasteiger partial charge in [-0.2, -0.15) is 0 Å². The Balaban J connectivity index is 2.10. The maximum Gasteiger partial charge on any atom is 0.249 e. The molecule has 21 heavy (non-hydrogen) atoms. The number of H-pyrrole nitrogens is 1. The van der Waals surface area contributed by atoms with Crippen molar-refractivity contribution in [1.82, 2.24) is 9.97 Å². The Morgan fingerprint density at radius 1 is 0.952 bits per heavy atom. The van der Waals surface area contributed by atoms with E-state index in [0.29, 0.717) is 11.3 Å². The third-order valence-corrected chi connectivity index (χ3v) is 4.29. The van der Waals surface area contributed by atoms with Crippen LogP contribution in [0.2, 0.25) is 0 Å². The van der Waals surface area contributed by atoms with Crippen LogP contribution in [0.3, 0.4) is 0 Å². The molecule has 0 atom stereocenters. The van der Waals surface area contributed by atoms with Gasteiger partial charge < -0.3 is 4.98 Å². The van der Waals surface area contributed by atoms with E-state index in [1.165, 1.54) is 12.3 Å². The highest BCUT2D eigenvalue weighted by Gasteiger charge is 2.08. The van der Waals surface area contributed by atoms with E-state index in [4.69, 9.17) is 0 Å². The molecule has 106 valence electrons. The molecule has 6 heteroatoms. The van der Waals surface area contributed by atoms with Gasteiger partial charge in [0.2, 0.25) is 5.56 Å². The first kappa shape index (κ1) is 13.5. The molecule has 0 unspecified atom stereocenters. The molecule has 3 rings (SSSR count). The van der Waals surface area contributed by atoms with Crippen molar-refractivity contribution in [3.05, 3.63) is 58.9 Å². The molecule has 0 spiro atoms. The number of nitrogens with one attached hydrogen (secondary N) is 1. The van der Waals surface area contributed by atoms with E-state index < -0.39 is 9.84 Å². The average molecular weight is 300 g/mol. The summed E-state index contributed by atoms with van der Waals surface area (Å²) >= 11 is 0. The fourth-order valence-electron chi connectivity index (χ4n) is 2.06. The molecule has 5 nitrogen and oxygen atoms in total.